The van der Waals surface area contributed by atoms with Gasteiger partial charge in [0.25, 0.3) is 0 Å². The van der Waals surface area contributed by atoms with E-state index in [-0.39, 0.29) is 18.4 Å². The van der Waals surface area contributed by atoms with Crippen molar-refractivity contribution in [2.24, 2.45) is 5.73 Å². The predicted molar refractivity (Wildman–Crippen MR) is 88.1 cm³/mol. The molecule has 0 atom stereocenters. The summed E-state index contributed by atoms with van der Waals surface area (Å²) in [4.78, 5) is 31.2. The minimum Gasteiger partial charge on any atom is -0.369 e. The number of nitrogens with zero attached hydrogens (tertiary/aromatic N) is 4. The molecule has 1 aliphatic rings. The topological polar surface area (TPSA) is 106 Å². The van der Waals surface area contributed by atoms with Crippen LogP contribution in [-0.2, 0) is 16.0 Å². The molecule has 2 N–H and O–H groups in total. The van der Waals surface area contributed by atoms with Crippen molar-refractivity contribution in [3.8, 4) is 11.4 Å². The van der Waals surface area contributed by atoms with Crippen molar-refractivity contribution in [3.05, 3.63) is 22.7 Å². The first-order chi connectivity index (χ1) is 11.6. The molecule has 1 aliphatic heterocycles. The second-order valence-electron chi connectivity index (χ2n) is 5.65. The van der Waals surface area contributed by atoms with E-state index in [4.69, 9.17) is 10.3 Å². The van der Waals surface area contributed by atoms with Gasteiger partial charge in [0.15, 0.2) is 0 Å². The highest BCUT2D eigenvalue weighted by Gasteiger charge is 2.22. The second kappa shape index (κ2) is 7.54. The fourth-order valence-electron chi connectivity index (χ4n) is 2.61. The third-order valence-electron chi connectivity index (χ3n) is 3.90. The van der Waals surface area contributed by atoms with Crippen molar-refractivity contribution in [2.75, 3.05) is 32.7 Å². The van der Waals surface area contributed by atoms with E-state index < -0.39 is 0 Å². The molecule has 2 amide bonds. The highest BCUT2D eigenvalue weighted by molar-refractivity contribution is 7.08. The Morgan fingerprint density at radius 1 is 1.29 bits per heavy atom. The molecule has 24 heavy (non-hydrogen) atoms. The van der Waals surface area contributed by atoms with Crippen LogP contribution in [0.15, 0.2) is 21.3 Å². The van der Waals surface area contributed by atoms with Gasteiger partial charge in [-0.05, 0) is 11.4 Å². The average molecular weight is 349 g/mol. The Balaban J connectivity index is 1.45. The van der Waals surface area contributed by atoms with Gasteiger partial charge in [-0.3, -0.25) is 14.5 Å². The molecule has 128 valence electrons. The van der Waals surface area contributed by atoms with E-state index in [0.717, 1.165) is 5.56 Å². The first kappa shape index (κ1) is 16.6. The molecule has 0 aromatic carbocycles. The van der Waals surface area contributed by atoms with Gasteiger partial charge in [-0.2, -0.15) is 16.3 Å². The Labute approximate surface area is 143 Å². The van der Waals surface area contributed by atoms with Crippen molar-refractivity contribution in [2.45, 2.75) is 12.8 Å². The van der Waals surface area contributed by atoms with E-state index in [2.05, 4.69) is 10.1 Å². The number of thiophene rings is 1. The molecule has 8 nitrogen and oxygen atoms in total. The molecule has 0 radical (unpaired) electrons. The van der Waals surface area contributed by atoms with Crippen LogP contribution in [0.2, 0.25) is 0 Å². The SMILES string of the molecule is NC(=O)CN1CCN(C(=O)CCc2nc(-c3ccsc3)no2)CC1. The number of piperazine rings is 1. The minimum atomic E-state index is -0.340. The van der Waals surface area contributed by atoms with Crippen LogP contribution in [0.25, 0.3) is 11.4 Å². The number of aromatic nitrogens is 2. The van der Waals surface area contributed by atoms with Crippen LogP contribution >= 0.6 is 11.3 Å². The van der Waals surface area contributed by atoms with E-state index >= 15 is 0 Å². The number of rotatable bonds is 6. The molecule has 0 saturated carbocycles. The maximum absolute atomic E-state index is 12.3. The normalized spacial score (nSPS) is 15.6. The number of amides is 2. The first-order valence-electron chi connectivity index (χ1n) is 7.75. The number of carbonyl (C=O) groups excluding carboxylic acids is 2. The summed E-state index contributed by atoms with van der Waals surface area (Å²) in [6.07, 6.45) is 0.762. The molecule has 3 rings (SSSR count). The molecule has 0 spiro atoms. The van der Waals surface area contributed by atoms with Crippen molar-refractivity contribution >= 4 is 23.2 Å². The lowest BCUT2D eigenvalue weighted by Gasteiger charge is -2.34. The quantitative estimate of drug-likeness (QED) is 0.807. The number of aryl methyl sites for hydroxylation is 1. The summed E-state index contributed by atoms with van der Waals surface area (Å²) in [5.41, 5.74) is 6.11. The monoisotopic (exact) mass is 349 g/mol. The minimum absolute atomic E-state index is 0.0593. The van der Waals surface area contributed by atoms with Gasteiger partial charge in [0.1, 0.15) is 0 Å². The van der Waals surface area contributed by atoms with Gasteiger partial charge < -0.3 is 15.2 Å². The molecule has 1 fully saturated rings. The highest BCUT2D eigenvalue weighted by atomic mass is 32.1. The molecule has 9 heteroatoms. The zero-order valence-corrected chi connectivity index (χ0v) is 14.0. The summed E-state index contributed by atoms with van der Waals surface area (Å²) in [5.74, 6) is 0.743. The average Bonchev–Trinajstić information content (AvgIpc) is 3.24. The Morgan fingerprint density at radius 2 is 2.08 bits per heavy atom. The van der Waals surface area contributed by atoms with Crippen LogP contribution in [0.5, 0.6) is 0 Å². The molecule has 0 bridgehead atoms. The second-order valence-corrected chi connectivity index (χ2v) is 6.43. The summed E-state index contributed by atoms with van der Waals surface area (Å²) >= 11 is 1.57. The van der Waals surface area contributed by atoms with Crippen LogP contribution in [0.4, 0.5) is 0 Å². The Bertz CT molecular complexity index is 692. The third kappa shape index (κ3) is 4.18. The van der Waals surface area contributed by atoms with Gasteiger partial charge >= 0.3 is 0 Å². The molecular weight excluding hydrogens is 330 g/mol. The smallest absolute Gasteiger partial charge is 0.231 e. The van der Waals surface area contributed by atoms with Gasteiger partial charge in [0.2, 0.25) is 23.5 Å². The lowest BCUT2D eigenvalue weighted by atomic mass is 10.2. The number of hydrogen-bond donors (Lipinski definition) is 1. The molecule has 3 heterocycles. The molecule has 2 aromatic rings. The fraction of sp³-hybridized carbons (Fsp3) is 0.467. The van der Waals surface area contributed by atoms with Crippen LogP contribution in [-0.4, -0.2) is 64.5 Å². The summed E-state index contributed by atoms with van der Waals surface area (Å²) in [7, 11) is 0. The number of hydrogen-bond acceptors (Lipinski definition) is 7. The zero-order valence-electron chi connectivity index (χ0n) is 13.2. The molecular formula is C15H19N5O3S. The molecule has 0 aliphatic carbocycles. The van der Waals surface area contributed by atoms with Crippen LogP contribution in [0.3, 0.4) is 0 Å². The maximum atomic E-state index is 12.3. The van der Waals surface area contributed by atoms with E-state index in [1.54, 1.807) is 16.2 Å². The molecule has 1 saturated heterocycles. The molecule has 0 unspecified atom stereocenters. The predicted octanol–water partition coefficient (Wildman–Crippen LogP) is 0.360. The van der Waals surface area contributed by atoms with Gasteiger partial charge in [-0.1, -0.05) is 5.16 Å². The Kier molecular flexibility index (Phi) is 5.21. The summed E-state index contributed by atoms with van der Waals surface area (Å²) in [6, 6.07) is 1.93. The lowest BCUT2D eigenvalue weighted by molar-refractivity contribution is -0.133. The van der Waals surface area contributed by atoms with E-state index in [9.17, 15) is 9.59 Å². The van der Waals surface area contributed by atoms with Gasteiger partial charge in [-0.25, -0.2) is 0 Å². The number of carbonyl (C=O) groups is 2. The fourth-order valence-corrected chi connectivity index (χ4v) is 3.25. The van der Waals surface area contributed by atoms with E-state index in [1.165, 1.54) is 0 Å². The van der Waals surface area contributed by atoms with Gasteiger partial charge in [-0.15, -0.1) is 0 Å². The zero-order chi connectivity index (χ0) is 16.9. The first-order valence-corrected chi connectivity index (χ1v) is 8.69. The van der Waals surface area contributed by atoms with Crippen molar-refractivity contribution < 1.29 is 14.1 Å². The van der Waals surface area contributed by atoms with E-state index in [0.29, 0.717) is 50.7 Å². The lowest BCUT2D eigenvalue weighted by Crippen LogP contribution is -2.50. The van der Waals surface area contributed by atoms with Gasteiger partial charge in [0, 0.05) is 50.0 Å². The van der Waals surface area contributed by atoms with Crippen molar-refractivity contribution in [3.63, 3.8) is 0 Å². The van der Waals surface area contributed by atoms with Crippen molar-refractivity contribution in [1.82, 2.24) is 19.9 Å². The molecule has 2 aromatic heterocycles. The Morgan fingerprint density at radius 3 is 2.75 bits per heavy atom. The summed E-state index contributed by atoms with van der Waals surface area (Å²) < 4.78 is 5.20. The maximum Gasteiger partial charge on any atom is 0.231 e. The van der Waals surface area contributed by atoms with E-state index in [1.807, 2.05) is 21.7 Å². The number of nitrogens with two attached hydrogens (primary N) is 1. The van der Waals surface area contributed by atoms with Crippen LogP contribution in [0, 0.1) is 0 Å². The van der Waals surface area contributed by atoms with Crippen molar-refractivity contribution in [1.29, 1.82) is 0 Å². The number of primary amides is 1. The van der Waals surface area contributed by atoms with Gasteiger partial charge in [0.05, 0.1) is 6.54 Å². The Hall–Kier alpha value is -2.26. The highest BCUT2D eigenvalue weighted by Crippen LogP contribution is 2.19. The largest absolute Gasteiger partial charge is 0.369 e. The van der Waals surface area contributed by atoms with Crippen LogP contribution in [0.1, 0.15) is 12.3 Å². The van der Waals surface area contributed by atoms with Crippen LogP contribution < -0.4 is 5.73 Å². The summed E-state index contributed by atoms with van der Waals surface area (Å²) in [5, 5.41) is 7.83. The summed E-state index contributed by atoms with van der Waals surface area (Å²) in [6.45, 7) is 2.79. The standard InChI is InChI=1S/C15H19N5O3S/c16-12(21)9-19-4-6-20(7-5-19)14(22)2-1-13-17-15(18-23-13)11-3-8-24-10-11/h3,8,10H,1-2,4-7,9H2,(H2,16,21). The third-order valence-corrected chi connectivity index (χ3v) is 4.59.